The third-order valence-corrected chi connectivity index (χ3v) is 3.52. The average Bonchev–Trinajstić information content (AvgIpc) is 2.76. The van der Waals surface area contributed by atoms with Crippen molar-refractivity contribution in [2.24, 2.45) is 5.10 Å². The monoisotopic (exact) mass is 399 g/mol. The van der Waals surface area contributed by atoms with E-state index in [-0.39, 0.29) is 17.0 Å². The van der Waals surface area contributed by atoms with Gasteiger partial charge in [-0.3, -0.25) is 9.78 Å². The number of nitrogens with zero attached hydrogens (tertiary/aromatic N) is 5. The first-order valence-electron chi connectivity index (χ1n) is 9.84. The van der Waals surface area contributed by atoms with Gasteiger partial charge in [0.05, 0.1) is 53.8 Å². The fourth-order valence-electron chi connectivity index (χ4n) is 2.19. The number of aromatic nitrogens is 4. The van der Waals surface area contributed by atoms with Crippen molar-refractivity contribution >= 4 is 12.1 Å². The van der Waals surface area contributed by atoms with Gasteiger partial charge in [0.2, 0.25) is 11.8 Å². The maximum absolute atomic E-state index is 13.8. The lowest BCUT2D eigenvalue weighted by Gasteiger charge is -2.05. The average molecular weight is 399 g/mol. The zero-order chi connectivity index (χ0) is 23.1. The summed E-state index contributed by atoms with van der Waals surface area (Å²) < 4.78 is 45.0. The molecule has 0 aliphatic rings. The molecular weight excluding hydrogens is 379 g/mol. The smallest absolute Gasteiger partial charge is 0.291 e. The Balaban J connectivity index is 1.70. The zero-order valence-electron chi connectivity index (χ0n) is 18.2. The van der Waals surface area contributed by atoms with Crippen LogP contribution < -0.4 is 14.9 Å². The van der Waals surface area contributed by atoms with Gasteiger partial charge in [0.1, 0.15) is 11.4 Å². The van der Waals surface area contributed by atoms with Crippen molar-refractivity contribution in [2.45, 2.75) is 6.92 Å². The van der Waals surface area contributed by atoms with Gasteiger partial charge in [-0.2, -0.15) is 9.49 Å². The lowest BCUT2D eigenvalue weighted by atomic mass is 10.2. The molecule has 3 aromatic heterocycles. The highest BCUT2D eigenvalue weighted by Crippen LogP contribution is 2.18. The molecule has 0 atom stereocenters. The Hall–Kier alpha value is -3.95. The highest BCUT2D eigenvalue weighted by molar-refractivity contribution is 5.93. The molecule has 3 heterocycles. The second-order valence-corrected chi connectivity index (χ2v) is 5.46. The fraction of sp³-hybridized carbons (Fsp3) is 0.158. The molecule has 3 aromatic rings. The first kappa shape index (κ1) is 16.0. The summed E-state index contributed by atoms with van der Waals surface area (Å²) in [5.41, 5.74) is 3.00. The van der Waals surface area contributed by atoms with Crippen molar-refractivity contribution in [1.82, 2.24) is 25.4 Å². The Morgan fingerprint density at radius 3 is 2.97 bits per heavy atom. The Labute approximate surface area is 169 Å². The molecule has 0 radical (unpaired) electrons. The SMILES string of the molecule is [2H]C([2H])([2H])Oc1cnc(F)c(/C=N/NC(=O)c2cncc(-c3ccc(OCC)nc3)n2)c1. The van der Waals surface area contributed by atoms with Crippen LogP contribution in [0.25, 0.3) is 11.3 Å². The minimum absolute atomic E-state index is 0.0355. The second kappa shape index (κ2) is 9.31. The summed E-state index contributed by atoms with van der Waals surface area (Å²) >= 11 is 0. The molecular formula is C19H17FN6O3. The van der Waals surface area contributed by atoms with E-state index in [2.05, 4.69) is 35.2 Å². The van der Waals surface area contributed by atoms with Crippen molar-refractivity contribution in [2.75, 3.05) is 13.6 Å². The van der Waals surface area contributed by atoms with Crippen LogP contribution in [0, 0.1) is 5.95 Å². The number of halogens is 1. The summed E-state index contributed by atoms with van der Waals surface area (Å²) in [5, 5.41) is 3.65. The number of amides is 1. The van der Waals surface area contributed by atoms with Crippen molar-refractivity contribution in [1.29, 1.82) is 0 Å². The largest absolute Gasteiger partial charge is 0.495 e. The highest BCUT2D eigenvalue weighted by atomic mass is 19.1. The molecule has 0 saturated heterocycles. The van der Waals surface area contributed by atoms with Crippen LogP contribution >= 0.6 is 0 Å². The maximum Gasteiger partial charge on any atom is 0.291 e. The molecule has 0 aliphatic heterocycles. The lowest BCUT2D eigenvalue weighted by Crippen LogP contribution is -2.19. The van der Waals surface area contributed by atoms with Crippen molar-refractivity contribution in [3.8, 4) is 22.9 Å². The van der Waals surface area contributed by atoms with Crippen LogP contribution in [0.5, 0.6) is 11.6 Å². The third kappa shape index (κ3) is 5.06. The fourth-order valence-corrected chi connectivity index (χ4v) is 2.19. The molecule has 148 valence electrons. The number of pyridine rings is 2. The molecule has 0 aromatic carbocycles. The summed E-state index contributed by atoms with van der Waals surface area (Å²) in [5.74, 6) is -1.34. The van der Waals surface area contributed by atoms with E-state index in [1.165, 1.54) is 12.4 Å². The van der Waals surface area contributed by atoms with Gasteiger partial charge in [0.25, 0.3) is 5.91 Å². The molecule has 0 bridgehead atoms. The molecule has 1 N–H and O–H groups in total. The van der Waals surface area contributed by atoms with Gasteiger partial charge < -0.3 is 9.47 Å². The molecule has 0 saturated carbocycles. The van der Waals surface area contributed by atoms with E-state index in [1.54, 1.807) is 18.3 Å². The standard InChI is InChI=1S/C19H17FN6O3/c1-3-29-17-5-4-12(7-22-17)15-10-21-11-16(25-15)19(27)26-24-8-13-6-14(28-2)9-23-18(13)20/h4-11H,3H2,1-2H3,(H,26,27)/b24-8+/i2D3. The number of nitrogens with one attached hydrogen (secondary N) is 1. The number of carbonyl (C=O) groups excluding carboxylic acids is 1. The van der Waals surface area contributed by atoms with Crippen LogP contribution in [0.4, 0.5) is 4.39 Å². The summed E-state index contributed by atoms with van der Waals surface area (Å²) in [6.07, 6.45) is 6.13. The Morgan fingerprint density at radius 2 is 2.21 bits per heavy atom. The van der Waals surface area contributed by atoms with Crippen LogP contribution in [0.3, 0.4) is 0 Å². The molecule has 10 heteroatoms. The second-order valence-electron chi connectivity index (χ2n) is 5.46. The quantitative estimate of drug-likeness (QED) is 0.368. The number of rotatable bonds is 7. The van der Waals surface area contributed by atoms with Crippen LogP contribution in [0.15, 0.2) is 48.1 Å². The zero-order valence-corrected chi connectivity index (χ0v) is 15.2. The van der Waals surface area contributed by atoms with Gasteiger partial charge >= 0.3 is 0 Å². The Bertz CT molecular complexity index is 1130. The number of hydrazone groups is 1. The number of methoxy groups -OCH3 is 1. The van der Waals surface area contributed by atoms with Crippen LogP contribution in [-0.2, 0) is 0 Å². The van der Waals surface area contributed by atoms with Gasteiger partial charge in [0, 0.05) is 17.8 Å². The minimum atomic E-state index is -2.72. The molecule has 29 heavy (non-hydrogen) atoms. The maximum atomic E-state index is 13.8. The number of hydrogen-bond donors (Lipinski definition) is 1. The molecule has 1 amide bonds. The number of ether oxygens (including phenoxy) is 2. The first-order chi connectivity index (χ1) is 15.2. The van der Waals surface area contributed by atoms with E-state index in [0.29, 0.717) is 23.7 Å². The number of carbonyl (C=O) groups is 1. The Morgan fingerprint density at radius 1 is 1.31 bits per heavy atom. The minimum Gasteiger partial charge on any atom is -0.495 e. The van der Waals surface area contributed by atoms with E-state index < -0.39 is 18.9 Å². The van der Waals surface area contributed by atoms with Gasteiger partial charge in [-0.25, -0.2) is 20.4 Å². The molecule has 9 nitrogen and oxygen atoms in total. The lowest BCUT2D eigenvalue weighted by molar-refractivity contribution is 0.0950. The van der Waals surface area contributed by atoms with E-state index >= 15 is 0 Å². The van der Waals surface area contributed by atoms with E-state index in [9.17, 15) is 9.18 Å². The highest BCUT2D eigenvalue weighted by Gasteiger charge is 2.10. The van der Waals surface area contributed by atoms with Crippen LogP contribution in [0.2, 0.25) is 0 Å². The molecule has 3 rings (SSSR count). The first-order valence-corrected chi connectivity index (χ1v) is 8.34. The molecule has 0 aliphatic carbocycles. The van der Waals surface area contributed by atoms with Crippen LogP contribution in [-0.4, -0.2) is 45.7 Å². The van der Waals surface area contributed by atoms with Gasteiger partial charge in [-0.05, 0) is 19.1 Å². The van der Waals surface area contributed by atoms with Gasteiger partial charge in [-0.1, -0.05) is 0 Å². The van der Waals surface area contributed by atoms with Crippen molar-refractivity contribution < 1.29 is 22.8 Å². The van der Waals surface area contributed by atoms with Crippen molar-refractivity contribution in [3.05, 3.63) is 60.2 Å². The van der Waals surface area contributed by atoms with E-state index in [0.717, 1.165) is 18.5 Å². The molecule has 0 fully saturated rings. The normalized spacial score (nSPS) is 12.7. The predicted octanol–water partition coefficient (Wildman–Crippen LogP) is 2.24. The number of hydrogen-bond acceptors (Lipinski definition) is 8. The summed E-state index contributed by atoms with van der Waals surface area (Å²) in [6.45, 7) is 2.33. The van der Waals surface area contributed by atoms with Gasteiger partial charge in [0.15, 0.2) is 0 Å². The van der Waals surface area contributed by atoms with Gasteiger partial charge in [-0.15, -0.1) is 0 Å². The topological polar surface area (TPSA) is 111 Å². The summed E-state index contributed by atoms with van der Waals surface area (Å²) in [4.78, 5) is 28.1. The van der Waals surface area contributed by atoms with Crippen LogP contribution in [0.1, 0.15) is 27.1 Å². The third-order valence-electron chi connectivity index (χ3n) is 3.52. The molecule has 0 spiro atoms. The predicted molar refractivity (Wildman–Crippen MR) is 102 cm³/mol. The van der Waals surface area contributed by atoms with E-state index in [4.69, 9.17) is 8.85 Å². The Kier molecular flexibility index (Phi) is 5.15. The summed E-state index contributed by atoms with van der Waals surface area (Å²) in [7, 11) is -2.72. The summed E-state index contributed by atoms with van der Waals surface area (Å²) in [6, 6.07) is 4.49. The van der Waals surface area contributed by atoms with E-state index in [1.807, 2.05) is 6.92 Å². The van der Waals surface area contributed by atoms with Crippen molar-refractivity contribution in [3.63, 3.8) is 0 Å². The molecule has 0 unspecified atom stereocenters.